The van der Waals surface area contributed by atoms with E-state index in [0.29, 0.717) is 25.3 Å². The lowest BCUT2D eigenvalue weighted by atomic mass is 9.79. The van der Waals surface area contributed by atoms with Crippen molar-refractivity contribution in [1.82, 2.24) is 19.7 Å². The summed E-state index contributed by atoms with van der Waals surface area (Å²) in [5, 5.41) is 3.30. The van der Waals surface area contributed by atoms with Gasteiger partial charge in [0.05, 0.1) is 13.2 Å². The first kappa shape index (κ1) is 25.0. The molecule has 0 spiro atoms. The van der Waals surface area contributed by atoms with E-state index in [2.05, 4.69) is 14.8 Å². The predicted molar refractivity (Wildman–Crippen MR) is 131 cm³/mol. The highest BCUT2D eigenvalue weighted by molar-refractivity contribution is 5.92. The van der Waals surface area contributed by atoms with Crippen molar-refractivity contribution in [3.8, 4) is 0 Å². The lowest BCUT2D eigenvalue weighted by Gasteiger charge is -2.48. The molecule has 8 nitrogen and oxygen atoms in total. The number of carbonyl (C=O) groups is 2. The molecule has 3 aliphatic rings. The minimum absolute atomic E-state index is 0.00206. The van der Waals surface area contributed by atoms with Crippen LogP contribution in [-0.4, -0.2) is 83.4 Å². The zero-order valence-corrected chi connectivity index (χ0v) is 21.2. The first-order valence-electron chi connectivity index (χ1n) is 13.0. The normalized spacial score (nSPS) is 22.4. The number of carbonyl (C=O) groups excluding carboxylic acids is 2. The fourth-order valence-electron chi connectivity index (χ4n) is 5.75. The van der Waals surface area contributed by atoms with E-state index < -0.39 is 5.60 Å². The third kappa shape index (κ3) is 5.95. The maximum absolute atomic E-state index is 13.3. The van der Waals surface area contributed by atoms with Crippen LogP contribution in [0.15, 0.2) is 18.3 Å². The van der Waals surface area contributed by atoms with Crippen molar-refractivity contribution in [2.45, 2.75) is 82.9 Å². The van der Waals surface area contributed by atoms with E-state index in [-0.39, 0.29) is 23.6 Å². The summed E-state index contributed by atoms with van der Waals surface area (Å²) in [5.41, 5.74) is 0.272. The van der Waals surface area contributed by atoms with Gasteiger partial charge in [-0.3, -0.25) is 9.69 Å². The van der Waals surface area contributed by atoms with Crippen LogP contribution >= 0.6 is 0 Å². The van der Waals surface area contributed by atoms with Crippen molar-refractivity contribution in [1.29, 1.82) is 0 Å². The Morgan fingerprint density at radius 3 is 2.41 bits per heavy atom. The van der Waals surface area contributed by atoms with Crippen LogP contribution in [-0.2, 0) is 9.47 Å². The number of hydrogen-bond acceptors (Lipinski definition) is 5. The van der Waals surface area contributed by atoms with Gasteiger partial charge < -0.3 is 24.3 Å². The van der Waals surface area contributed by atoms with Crippen molar-refractivity contribution in [2.75, 3.05) is 45.9 Å². The van der Waals surface area contributed by atoms with Crippen molar-refractivity contribution in [2.24, 2.45) is 0 Å². The Labute approximate surface area is 203 Å². The number of morpholine rings is 1. The Morgan fingerprint density at radius 2 is 1.76 bits per heavy atom. The molecule has 1 aromatic heterocycles. The minimum Gasteiger partial charge on any atom is -0.444 e. The summed E-state index contributed by atoms with van der Waals surface area (Å²) in [7, 11) is 0. The first-order chi connectivity index (χ1) is 16.3. The molecule has 3 heterocycles. The summed E-state index contributed by atoms with van der Waals surface area (Å²) < 4.78 is 13.2. The zero-order chi connectivity index (χ0) is 24.2. The molecule has 190 valence electrons. The van der Waals surface area contributed by atoms with Crippen LogP contribution in [0.4, 0.5) is 4.79 Å². The second-order valence-electron chi connectivity index (χ2n) is 11.1. The van der Waals surface area contributed by atoms with Crippen molar-refractivity contribution >= 4 is 12.0 Å². The van der Waals surface area contributed by atoms with Gasteiger partial charge in [0.2, 0.25) is 0 Å². The van der Waals surface area contributed by atoms with Gasteiger partial charge in [-0.25, -0.2) is 4.79 Å². The van der Waals surface area contributed by atoms with E-state index in [1.165, 1.54) is 19.3 Å². The van der Waals surface area contributed by atoms with E-state index in [1.54, 1.807) is 4.90 Å². The van der Waals surface area contributed by atoms with Crippen molar-refractivity contribution < 1.29 is 19.1 Å². The van der Waals surface area contributed by atoms with Crippen molar-refractivity contribution in [3.05, 3.63) is 24.0 Å². The number of amides is 2. The lowest BCUT2D eigenvalue weighted by molar-refractivity contribution is -0.0361. The predicted octanol–water partition coefficient (Wildman–Crippen LogP) is 3.83. The monoisotopic (exact) mass is 474 g/mol. The highest BCUT2D eigenvalue weighted by Gasteiger charge is 2.39. The van der Waals surface area contributed by atoms with Gasteiger partial charge in [0.1, 0.15) is 11.3 Å². The molecule has 2 saturated heterocycles. The lowest BCUT2D eigenvalue weighted by Crippen LogP contribution is -2.59. The molecule has 2 aliphatic heterocycles. The average molecular weight is 475 g/mol. The van der Waals surface area contributed by atoms with E-state index in [4.69, 9.17) is 9.47 Å². The smallest absolute Gasteiger partial charge is 0.410 e. The number of aromatic nitrogens is 1. The molecule has 1 saturated carbocycles. The second kappa shape index (κ2) is 10.7. The minimum atomic E-state index is -0.490. The topological polar surface area (TPSA) is 76.0 Å². The van der Waals surface area contributed by atoms with Gasteiger partial charge in [-0.05, 0) is 58.6 Å². The van der Waals surface area contributed by atoms with Crippen LogP contribution in [0.1, 0.15) is 82.2 Å². The Hall–Kier alpha value is -2.06. The maximum atomic E-state index is 13.3. The third-order valence-electron chi connectivity index (χ3n) is 7.57. The van der Waals surface area contributed by atoms with E-state index in [9.17, 15) is 9.59 Å². The number of nitrogens with zero attached hydrogens (tertiary/aromatic N) is 3. The fraction of sp³-hybridized carbons (Fsp3) is 0.769. The fourth-order valence-corrected chi connectivity index (χ4v) is 5.75. The summed E-state index contributed by atoms with van der Waals surface area (Å²) in [6, 6.07) is 4.07. The molecular weight excluding hydrogens is 432 g/mol. The molecule has 2 amide bonds. The van der Waals surface area contributed by atoms with Gasteiger partial charge in [0, 0.05) is 50.5 Å². The number of nitrogens with one attached hydrogen (secondary N) is 1. The molecule has 8 heteroatoms. The number of likely N-dealkylation sites (tertiary alicyclic amines) is 1. The maximum Gasteiger partial charge on any atom is 0.410 e. The van der Waals surface area contributed by atoms with Crippen LogP contribution in [0.3, 0.4) is 0 Å². The molecular formula is C26H42N4O4. The van der Waals surface area contributed by atoms with Gasteiger partial charge in [-0.15, -0.1) is 0 Å². The van der Waals surface area contributed by atoms with Crippen LogP contribution in [0.25, 0.3) is 0 Å². The molecule has 3 fully saturated rings. The molecule has 0 aromatic carbocycles. The van der Waals surface area contributed by atoms with E-state index >= 15 is 0 Å². The molecule has 1 aromatic rings. The van der Waals surface area contributed by atoms with Gasteiger partial charge in [0.15, 0.2) is 0 Å². The van der Waals surface area contributed by atoms with Gasteiger partial charge in [-0.2, -0.15) is 0 Å². The number of hydrogen-bond donors (Lipinski definition) is 1. The summed E-state index contributed by atoms with van der Waals surface area (Å²) >= 11 is 0. The molecule has 0 unspecified atom stereocenters. The Morgan fingerprint density at radius 1 is 1.09 bits per heavy atom. The first-order valence-corrected chi connectivity index (χ1v) is 13.0. The number of rotatable bonds is 5. The average Bonchev–Trinajstić information content (AvgIpc) is 3.33. The van der Waals surface area contributed by atoms with Crippen LogP contribution in [0.5, 0.6) is 0 Å². The standard InChI is InChI=1S/C26H42N4O4/c1-25(2,3)34-24(32)28-14-9-21(10-15-28)30-13-7-8-22(30)23(31)27-20-26(11-5-4-6-12-26)29-16-18-33-19-17-29/h7-8,13,21H,4-6,9-12,14-20H2,1-3H3,(H,27,31). The SMILES string of the molecule is CC(C)(C)OC(=O)N1CCC(n2cccc2C(=O)NCC2(N3CCOCC3)CCCCC2)CC1. The van der Waals surface area contributed by atoms with Crippen LogP contribution in [0, 0.1) is 0 Å². The molecule has 0 radical (unpaired) electrons. The van der Waals surface area contributed by atoms with Gasteiger partial charge in [0.25, 0.3) is 5.91 Å². The Bertz CT molecular complexity index is 826. The number of piperidine rings is 1. The largest absolute Gasteiger partial charge is 0.444 e. The van der Waals surface area contributed by atoms with E-state index in [1.807, 2.05) is 39.1 Å². The number of ether oxygens (including phenoxy) is 2. The summed E-state index contributed by atoms with van der Waals surface area (Å²) in [6.45, 7) is 11.1. The summed E-state index contributed by atoms with van der Waals surface area (Å²) in [5.74, 6) is -0.00206. The third-order valence-corrected chi connectivity index (χ3v) is 7.57. The van der Waals surface area contributed by atoms with Crippen LogP contribution in [0.2, 0.25) is 0 Å². The van der Waals surface area contributed by atoms with Crippen molar-refractivity contribution in [3.63, 3.8) is 0 Å². The van der Waals surface area contributed by atoms with Gasteiger partial charge >= 0.3 is 6.09 Å². The van der Waals surface area contributed by atoms with E-state index in [0.717, 1.165) is 52.0 Å². The molecule has 34 heavy (non-hydrogen) atoms. The Kier molecular flexibility index (Phi) is 7.87. The Balaban J connectivity index is 1.36. The molecule has 0 atom stereocenters. The second-order valence-corrected chi connectivity index (χ2v) is 11.1. The highest BCUT2D eigenvalue weighted by atomic mass is 16.6. The summed E-state index contributed by atoms with van der Waals surface area (Å²) in [6.07, 6.45) is 9.37. The van der Waals surface area contributed by atoms with Gasteiger partial charge in [-0.1, -0.05) is 19.3 Å². The zero-order valence-electron chi connectivity index (χ0n) is 21.2. The molecule has 0 bridgehead atoms. The quantitative estimate of drug-likeness (QED) is 0.702. The summed E-state index contributed by atoms with van der Waals surface area (Å²) in [4.78, 5) is 30.0. The molecule has 1 N–H and O–H groups in total. The molecule has 1 aliphatic carbocycles. The highest BCUT2D eigenvalue weighted by Crippen LogP contribution is 2.34. The molecule has 4 rings (SSSR count). The van der Waals surface area contributed by atoms with Crippen LogP contribution < -0.4 is 5.32 Å².